The van der Waals surface area contributed by atoms with E-state index >= 15 is 0 Å². The predicted molar refractivity (Wildman–Crippen MR) is 97.3 cm³/mol. The number of furan rings is 1. The van der Waals surface area contributed by atoms with Crippen molar-refractivity contribution in [2.24, 2.45) is 0 Å². The van der Waals surface area contributed by atoms with Crippen molar-refractivity contribution < 1.29 is 18.7 Å². The molecule has 134 valence electrons. The van der Waals surface area contributed by atoms with Crippen molar-refractivity contribution in [1.29, 1.82) is 0 Å². The molecule has 2 N–H and O–H groups in total. The molecule has 3 aromatic rings. The predicted octanol–water partition coefficient (Wildman–Crippen LogP) is 3.68. The largest absolute Gasteiger partial charge is 0.497 e. The summed E-state index contributed by atoms with van der Waals surface area (Å²) in [5.74, 6) is 1.87. The number of rotatable bonds is 6. The molecule has 0 unspecified atom stereocenters. The summed E-state index contributed by atoms with van der Waals surface area (Å²) in [5, 5.41) is 5.56. The summed E-state index contributed by atoms with van der Waals surface area (Å²) in [6, 6.07) is 12.2. The summed E-state index contributed by atoms with van der Waals surface area (Å²) in [4.78, 5) is 16.4. The second kappa shape index (κ2) is 8.06. The molecule has 0 aliphatic heterocycles. The number of carbonyl (C=O) groups excluding carboxylic acids is 1. The minimum absolute atomic E-state index is 0.336. The van der Waals surface area contributed by atoms with Gasteiger partial charge in [0, 0.05) is 36.6 Å². The van der Waals surface area contributed by atoms with Gasteiger partial charge in [-0.25, -0.2) is 4.79 Å². The Kier molecular flexibility index (Phi) is 5.38. The summed E-state index contributed by atoms with van der Waals surface area (Å²) in [5.41, 5.74) is 2.20. The Balaban J connectivity index is 1.62. The van der Waals surface area contributed by atoms with Gasteiger partial charge in [-0.15, -0.1) is 0 Å². The number of carbonyl (C=O) groups is 1. The minimum atomic E-state index is -0.336. The van der Waals surface area contributed by atoms with Gasteiger partial charge in [0.05, 0.1) is 20.5 Å². The molecule has 2 aromatic heterocycles. The lowest BCUT2D eigenvalue weighted by Crippen LogP contribution is -2.28. The van der Waals surface area contributed by atoms with Gasteiger partial charge in [0.2, 0.25) is 0 Å². The van der Waals surface area contributed by atoms with Gasteiger partial charge in [0.25, 0.3) is 0 Å². The van der Waals surface area contributed by atoms with Gasteiger partial charge in [0.15, 0.2) is 5.76 Å². The van der Waals surface area contributed by atoms with Crippen molar-refractivity contribution in [3.63, 3.8) is 0 Å². The Morgan fingerprint density at radius 1 is 1.12 bits per heavy atom. The number of benzene rings is 1. The van der Waals surface area contributed by atoms with Crippen LogP contribution in [0.5, 0.6) is 11.5 Å². The van der Waals surface area contributed by atoms with E-state index in [-0.39, 0.29) is 6.03 Å². The van der Waals surface area contributed by atoms with Crippen LogP contribution in [0.15, 0.2) is 59.3 Å². The maximum absolute atomic E-state index is 12.2. The first kappa shape index (κ1) is 17.3. The lowest BCUT2D eigenvalue weighted by atomic mass is 10.2. The molecule has 26 heavy (non-hydrogen) atoms. The van der Waals surface area contributed by atoms with E-state index in [9.17, 15) is 4.79 Å². The van der Waals surface area contributed by atoms with Crippen LogP contribution < -0.4 is 20.1 Å². The van der Waals surface area contributed by atoms with Crippen LogP contribution in [0, 0.1) is 0 Å². The van der Waals surface area contributed by atoms with Crippen LogP contribution in [0.2, 0.25) is 0 Å². The van der Waals surface area contributed by atoms with Gasteiger partial charge in [-0.3, -0.25) is 4.98 Å². The van der Waals surface area contributed by atoms with Crippen molar-refractivity contribution in [3.8, 4) is 23.0 Å². The molecule has 3 rings (SSSR count). The Morgan fingerprint density at radius 2 is 1.88 bits per heavy atom. The zero-order chi connectivity index (χ0) is 18.4. The smallest absolute Gasteiger partial charge is 0.319 e. The fourth-order valence-electron chi connectivity index (χ4n) is 2.38. The van der Waals surface area contributed by atoms with Gasteiger partial charge < -0.3 is 24.5 Å². The monoisotopic (exact) mass is 353 g/mol. The Hall–Kier alpha value is -3.48. The number of anilines is 1. The normalized spacial score (nSPS) is 10.2. The average Bonchev–Trinajstić information content (AvgIpc) is 3.21. The molecule has 2 amide bonds. The molecule has 0 saturated heterocycles. The molecular weight excluding hydrogens is 334 g/mol. The van der Waals surface area contributed by atoms with Crippen LogP contribution >= 0.6 is 0 Å². The second-order valence-electron chi connectivity index (χ2n) is 5.44. The Bertz CT molecular complexity index is 856. The summed E-state index contributed by atoms with van der Waals surface area (Å²) in [6.45, 7) is 0.350. The molecule has 7 heteroatoms. The number of amides is 2. The number of nitrogens with zero attached hydrogens (tertiary/aromatic N) is 1. The van der Waals surface area contributed by atoms with E-state index in [0.29, 0.717) is 35.2 Å². The van der Waals surface area contributed by atoms with Crippen LogP contribution in [-0.2, 0) is 6.54 Å². The molecule has 7 nitrogen and oxygen atoms in total. The molecule has 0 radical (unpaired) electrons. The molecule has 0 spiro atoms. The molecule has 0 fully saturated rings. The number of ether oxygens (including phenoxy) is 2. The average molecular weight is 353 g/mol. The van der Waals surface area contributed by atoms with Crippen molar-refractivity contribution in [3.05, 3.63) is 60.5 Å². The highest BCUT2D eigenvalue weighted by molar-refractivity contribution is 5.89. The van der Waals surface area contributed by atoms with E-state index in [0.717, 1.165) is 5.56 Å². The molecule has 0 bridgehead atoms. The molecule has 0 aliphatic carbocycles. The molecule has 0 saturated carbocycles. The highest BCUT2D eigenvalue weighted by Crippen LogP contribution is 2.25. The van der Waals surface area contributed by atoms with Gasteiger partial charge in [-0.2, -0.15) is 0 Å². The maximum Gasteiger partial charge on any atom is 0.319 e. The fraction of sp³-hybridized carbons (Fsp3) is 0.158. The maximum atomic E-state index is 12.2. The van der Waals surface area contributed by atoms with Crippen LogP contribution in [0.1, 0.15) is 5.56 Å². The van der Waals surface area contributed by atoms with Crippen molar-refractivity contribution in [2.75, 3.05) is 19.5 Å². The summed E-state index contributed by atoms with van der Waals surface area (Å²) < 4.78 is 15.7. The highest BCUT2D eigenvalue weighted by atomic mass is 16.5. The van der Waals surface area contributed by atoms with Gasteiger partial charge in [-0.1, -0.05) is 0 Å². The summed E-state index contributed by atoms with van der Waals surface area (Å²) in [7, 11) is 3.11. The number of nitrogens with one attached hydrogen (secondary N) is 2. The van der Waals surface area contributed by atoms with Crippen LogP contribution in [0.3, 0.4) is 0 Å². The van der Waals surface area contributed by atoms with Crippen LogP contribution in [0.4, 0.5) is 10.5 Å². The topological polar surface area (TPSA) is 85.6 Å². The third-order valence-corrected chi connectivity index (χ3v) is 3.66. The number of methoxy groups -OCH3 is 2. The van der Waals surface area contributed by atoms with E-state index in [1.54, 1.807) is 50.9 Å². The standard InChI is InChI=1S/C19H19N3O4/c1-24-15-9-14(10-16(11-15)25-2)22-19(23)21-12-13-5-6-20-17(8-13)18-4-3-7-26-18/h3-11H,12H2,1-2H3,(H2,21,22,23). The third-order valence-electron chi connectivity index (χ3n) is 3.66. The van der Waals surface area contributed by atoms with E-state index in [1.165, 1.54) is 0 Å². The van der Waals surface area contributed by atoms with E-state index in [2.05, 4.69) is 15.6 Å². The number of hydrogen-bond donors (Lipinski definition) is 2. The number of aromatic nitrogens is 1. The minimum Gasteiger partial charge on any atom is -0.497 e. The first-order valence-corrected chi connectivity index (χ1v) is 7.94. The summed E-state index contributed by atoms with van der Waals surface area (Å²) >= 11 is 0. The van der Waals surface area contributed by atoms with Crippen LogP contribution in [-0.4, -0.2) is 25.2 Å². The van der Waals surface area contributed by atoms with E-state index in [4.69, 9.17) is 13.9 Å². The Labute approximate surface area is 151 Å². The zero-order valence-corrected chi connectivity index (χ0v) is 14.5. The molecular formula is C19H19N3O4. The number of urea groups is 1. The number of pyridine rings is 1. The van der Waals surface area contributed by atoms with Gasteiger partial charge in [0.1, 0.15) is 17.2 Å². The molecule has 0 aliphatic rings. The van der Waals surface area contributed by atoms with Gasteiger partial charge >= 0.3 is 6.03 Å². The fourth-order valence-corrected chi connectivity index (χ4v) is 2.38. The van der Waals surface area contributed by atoms with Crippen molar-refractivity contribution in [2.45, 2.75) is 6.54 Å². The lowest BCUT2D eigenvalue weighted by Gasteiger charge is -2.11. The Morgan fingerprint density at radius 3 is 2.54 bits per heavy atom. The third kappa shape index (κ3) is 4.32. The number of hydrogen-bond acceptors (Lipinski definition) is 5. The molecule has 2 heterocycles. The molecule has 0 atom stereocenters. The van der Waals surface area contributed by atoms with Gasteiger partial charge in [-0.05, 0) is 29.8 Å². The first-order valence-electron chi connectivity index (χ1n) is 7.94. The van der Waals surface area contributed by atoms with Crippen molar-refractivity contribution in [1.82, 2.24) is 10.3 Å². The quantitative estimate of drug-likeness (QED) is 0.706. The second-order valence-corrected chi connectivity index (χ2v) is 5.44. The molecule has 1 aromatic carbocycles. The van der Waals surface area contributed by atoms with E-state index in [1.807, 2.05) is 18.2 Å². The first-order chi connectivity index (χ1) is 12.7. The van der Waals surface area contributed by atoms with Crippen LogP contribution in [0.25, 0.3) is 11.5 Å². The summed E-state index contributed by atoms with van der Waals surface area (Å²) in [6.07, 6.45) is 3.28. The lowest BCUT2D eigenvalue weighted by molar-refractivity contribution is 0.251. The van der Waals surface area contributed by atoms with Crippen molar-refractivity contribution >= 4 is 11.7 Å². The highest BCUT2D eigenvalue weighted by Gasteiger charge is 2.07. The SMILES string of the molecule is COc1cc(NC(=O)NCc2ccnc(-c3ccco3)c2)cc(OC)c1. The zero-order valence-electron chi connectivity index (χ0n) is 14.5. The van der Waals surface area contributed by atoms with E-state index < -0.39 is 0 Å².